The molecule has 2 unspecified atom stereocenters. The third kappa shape index (κ3) is 3.61. The number of para-hydroxylation sites is 1. The third-order valence-electron chi connectivity index (χ3n) is 2.85. The summed E-state index contributed by atoms with van der Waals surface area (Å²) < 4.78 is 12.9. The van der Waals surface area contributed by atoms with Crippen molar-refractivity contribution < 1.29 is 35.2 Å². The first-order valence-electron chi connectivity index (χ1n) is 6.16. The summed E-state index contributed by atoms with van der Waals surface area (Å²) in [7, 11) is -2.19. The summed E-state index contributed by atoms with van der Waals surface area (Å²) in [5.74, 6) is -9.98. The van der Waals surface area contributed by atoms with Crippen molar-refractivity contribution in [2.45, 2.75) is 24.4 Å². The Hall–Kier alpha value is -0.920. The maximum absolute atomic E-state index is 10.2. The van der Waals surface area contributed by atoms with E-state index in [9.17, 15) is 30.6 Å². The minimum atomic E-state index is -3.70. The molecular weight excluding hydrogens is 367 g/mol. The maximum atomic E-state index is 10.2. The first-order chi connectivity index (χ1) is 10.6. The van der Waals surface area contributed by atoms with Gasteiger partial charge in [-0.3, -0.25) is 0 Å². The fraction of sp³-hybridized carbons (Fsp3) is 0.400. The number of nitrogens with zero attached hydrogens (tertiary/aromatic N) is 2. The van der Waals surface area contributed by atoms with Crippen LogP contribution in [0.3, 0.4) is 0 Å². The lowest BCUT2D eigenvalue weighted by Gasteiger charge is -2.41. The molecule has 13 heteroatoms. The van der Waals surface area contributed by atoms with Gasteiger partial charge >= 0.3 is 5.91 Å². The second-order valence-corrected chi connectivity index (χ2v) is 8.66. The molecule has 0 aliphatic rings. The Bertz CT molecular complexity index is 681. The highest BCUT2D eigenvalue weighted by atomic mass is 31.2. The van der Waals surface area contributed by atoms with Gasteiger partial charge in [0.2, 0.25) is 5.79 Å². The van der Waals surface area contributed by atoms with Crippen LogP contribution in [0.1, 0.15) is 6.92 Å². The van der Waals surface area contributed by atoms with Crippen LogP contribution in [0, 0.1) is 0 Å². The van der Waals surface area contributed by atoms with Gasteiger partial charge in [-0.1, -0.05) is 18.2 Å². The van der Waals surface area contributed by atoms with Gasteiger partial charge < -0.3 is 39.7 Å². The molecule has 2 aromatic rings. The van der Waals surface area contributed by atoms with E-state index in [0.29, 0.717) is 25.3 Å². The lowest BCUT2D eigenvalue weighted by molar-refractivity contribution is -0.471. The highest BCUT2D eigenvalue weighted by molar-refractivity contribution is 7.51. The number of aromatic nitrogens is 3. The summed E-state index contributed by atoms with van der Waals surface area (Å²) in [6, 6.07) is 8.38. The van der Waals surface area contributed by atoms with Crippen LogP contribution in [0.25, 0.3) is 0 Å². The van der Waals surface area contributed by atoms with E-state index in [1.165, 1.54) is 0 Å². The van der Waals surface area contributed by atoms with Crippen molar-refractivity contribution in [1.82, 2.24) is 13.1 Å². The number of rotatable bonds is 5. The van der Waals surface area contributed by atoms with Gasteiger partial charge in [0.05, 0.1) is 0 Å². The minimum Gasteiger partial charge on any atom is -0.416 e. The van der Waals surface area contributed by atoms with E-state index < -0.39 is 34.1 Å². The molecular formula is C10H16N3O7P3. The Labute approximate surface area is 134 Å². The molecule has 7 N–H and O–H groups in total. The topological polar surface area (TPSA) is 164 Å². The van der Waals surface area contributed by atoms with Crippen LogP contribution in [-0.4, -0.2) is 55.3 Å². The lowest BCUT2D eigenvalue weighted by Crippen LogP contribution is -2.67. The van der Waals surface area contributed by atoms with E-state index in [-0.39, 0.29) is 0 Å². The average molecular weight is 383 g/mol. The number of nitrogens with one attached hydrogen (secondary N) is 1. The number of aliphatic hydroxyl groups is 6. The Morgan fingerprint density at radius 1 is 1.17 bits per heavy atom. The van der Waals surface area contributed by atoms with E-state index in [1.54, 1.807) is 30.3 Å². The summed E-state index contributed by atoms with van der Waals surface area (Å²) in [5.41, 5.74) is 0. The molecule has 1 aromatic heterocycles. The van der Waals surface area contributed by atoms with Crippen LogP contribution in [0.5, 0.6) is 5.75 Å². The zero-order chi connectivity index (χ0) is 17.3. The van der Waals surface area contributed by atoms with Crippen molar-refractivity contribution in [3.05, 3.63) is 30.3 Å². The second-order valence-electron chi connectivity index (χ2n) is 4.71. The lowest BCUT2D eigenvalue weighted by atomic mass is 10.1. The first-order valence-corrected chi connectivity index (χ1v) is 9.12. The van der Waals surface area contributed by atoms with Gasteiger partial charge in [-0.15, -0.1) is 4.51 Å². The fourth-order valence-electron chi connectivity index (χ4n) is 1.51. The maximum Gasteiger partial charge on any atom is 0.323 e. The molecule has 2 atom stereocenters. The average Bonchev–Trinajstić information content (AvgIpc) is 2.47. The summed E-state index contributed by atoms with van der Waals surface area (Å²) >= 11 is 0. The Kier molecular flexibility index (Phi) is 5.23. The van der Waals surface area contributed by atoms with Gasteiger partial charge in [-0.05, 0) is 19.1 Å². The van der Waals surface area contributed by atoms with Gasteiger partial charge in [0.15, 0.2) is 0 Å². The molecule has 1 heterocycles. The first kappa shape index (κ1) is 18.4. The molecule has 2 rings (SSSR count). The van der Waals surface area contributed by atoms with Crippen LogP contribution in [-0.2, 0) is 5.91 Å². The highest BCUT2D eigenvalue weighted by Gasteiger charge is 2.61. The monoisotopic (exact) mass is 383 g/mol. The smallest absolute Gasteiger partial charge is 0.323 e. The van der Waals surface area contributed by atoms with Crippen molar-refractivity contribution in [3.63, 3.8) is 0 Å². The fourth-order valence-corrected chi connectivity index (χ4v) is 5.73. The molecule has 0 saturated heterocycles. The Morgan fingerprint density at radius 3 is 2.35 bits per heavy atom. The minimum absolute atomic E-state index is 0.377. The Balaban J connectivity index is 2.48. The van der Waals surface area contributed by atoms with E-state index in [2.05, 4.69) is 9.02 Å². The van der Waals surface area contributed by atoms with Crippen molar-refractivity contribution in [2.75, 3.05) is 0 Å². The molecule has 23 heavy (non-hydrogen) atoms. The molecule has 1 aromatic carbocycles. The molecule has 0 spiro atoms. The van der Waals surface area contributed by atoms with Gasteiger partial charge in [0.25, 0.3) is 13.9 Å². The highest BCUT2D eigenvalue weighted by Crippen LogP contribution is 2.41. The van der Waals surface area contributed by atoms with Crippen LogP contribution in [0.4, 0.5) is 0 Å². The normalized spacial score (nSPS) is 14.5. The van der Waals surface area contributed by atoms with E-state index >= 15 is 0 Å². The molecule has 0 fully saturated rings. The third-order valence-corrected chi connectivity index (χ3v) is 6.95. The zero-order valence-electron chi connectivity index (χ0n) is 11.8. The standard InChI is InChI=1S/C10H16N3O7P3/c1-8(14,15)9(16,17)10(18,19)13-22-11-21-12-23(13)20-7-5-3-2-4-6-7/h2-6,14-19,22H,1H3,(H,11,12). The summed E-state index contributed by atoms with van der Waals surface area (Å²) in [4.78, 5) is 0. The number of H-pyrrole nitrogens is 1. The predicted octanol–water partition coefficient (Wildman–Crippen LogP) is -0.248. The van der Waals surface area contributed by atoms with E-state index in [4.69, 9.17) is 4.52 Å². The number of aromatic amines is 1. The van der Waals surface area contributed by atoms with Gasteiger partial charge in [-0.25, -0.2) is 4.09 Å². The zero-order valence-corrected chi connectivity index (χ0v) is 14.6. The summed E-state index contributed by atoms with van der Waals surface area (Å²) in [6.45, 7) is 0.602. The van der Waals surface area contributed by atoms with Crippen molar-refractivity contribution >= 4 is 25.1 Å². The van der Waals surface area contributed by atoms with Crippen molar-refractivity contribution in [2.24, 2.45) is 0 Å². The molecule has 0 radical (unpaired) electrons. The number of hydrogen-bond donors (Lipinski definition) is 7. The molecule has 0 saturated carbocycles. The van der Waals surface area contributed by atoms with Crippen LogP contribution in [0.2, 0.25) is 0 Å². The van der Waals surface area contributed by atoms with E-state index in [1.807, 2.05) is 0 Å². The molecule has 0 aliphatic carbocycles. The van der Waals surface area contributed by atoms with Crippen molar-refractivity contribution in [3.8, 4) is 5.75 Å². The predicted molar refractivity (Wildman–Crippen MR) is 83.8 cm³/mol. The van der Waals surface area contributed by atoms with E-state index in [0.717, 1.165) is 0 Å². The van der Waals surface area contributed by atoms with Gasteiger partial charge in [-0.2, -0.15) is 0 Å². The number of hydrogen-bond acceptors (Lipinski definition) is 8. The van der Waals surface area contributed by atoms with Crippen LogP contribution >= 0.6 is 25.1 Å². The molecule has 0 amide bonds. The summed E-state index contributed by atoms with van der Waals surface area (Å²) in [5, 5.41) is 58.8. The number of benzene rings is 1. The summed E-state index contributed by atoms with van der Waals surface area (Å²) in [6.07, 6.45) is 0. The second kappa shape index (κ2) is 6.53. The quantitative estimate of drug-likeness (QED) is 0.348. The largest absolute Gasteiger partial charge is 0.416 e. The molecule has 10 nitrogen and oxygen atoms in total. The molecule has 0 bridgehead atoms. The molecule has 128 valence electrons. The molecule has 0 aliphatic heterocycles. The van der Waals surface area contributed by atoms with Crippen LogP contribution in [0.15, 0.2) is 30.3 Å². The SMILES string of the molecule is CC(O)(O)C(O)(O)C(O)(O)n1[pH][nH]pnp1Oc1ccccc1. The van der Waals surface area contributed by atoms with Gasteiger partial charge in [0, 0.05) is 8.51 Å². The van der Waals surface area contributed by atoms with Crippen molar-refractivity contribution in [1.29, 1.82) is 0 Å². The van der Waals surface area contributed by atoms with Crippen LogP contribution < -0.4 is 4.52 Å². The Morgan fingerprint density at radius 2 is 1.78 bits per heavy atom. The van der Waals surface area contributed by atoms with Gasteiger partial charge in [0.1, 0.15) is 14.3 Å².